The van der Waals surface area contributed by atoms with E-state index in [1.54, 1.807) is 4.90 Å². The number of aryl methyl sites for hydroxylation is 3. The molecule has 0 fully saturated rings. The van der Waals surface area contributed by atoms with Crippen LogP contribution in [0.25, 0.3) is 0 Å². The first kappa shape index (κ1) is 21.7. The van der Waals surface area contributed by atoms with Gasteiger partial charge in [0.25, 0.3) is 0 Å². The van der Waals surface area contributed by atoms with Crippen molar-refractivity contribution in [2.45, 2.75) is 59.5 Å². The van der Waals surface area contributed by atoms with Gasteiger partial charge in [0.1, 0.15) is 6.04 Å². The molecule has 0 aromatic heterocycles. The number of amides is 2. The Morgan fingerprint density at radius 2 is 1.68 bits per heavy atom. The molecule has 2 aromatic carbocycles. The Hall–Kier alpha value is -2.62. The zero-order chi connectivity index (χ0) is 20.5. The predicted molar refractivity (Wildman–Crippen MR) is 114 cm³/mol. The summed E-state index contributed by atoms with van der Waals surface area (Å²) in [7, 11) is 0. The third-order valence-electron chi connectivity index (χ3n) is 5.09. The van der Waals surface area contributed by atoms with Crippen molar-refractivity contribution >= 4 is 11.8 Å². The summed E-state index contributed by atoms with van der Waals surface area (Å²) in [5, 5.41) is 2.88. The number of nitrogens with zero attached hydrogens (tertiary/aromatic N) is 1. The Bertz CT molecular complexity index is 783. The molecule has 0 bridgehead atoms. The summed E-state index contributed by atoms with van der Waals surface area (Å²) in [5.74, 6) is -0.0656. The van der Waals surface area contributed by atoms with Crippen LogP contribution in [0.15, 0.2) is 48.5 Å². The van der Waals surface area contributed by atoms with Gasteiger partial charge >= 0.3 is 0 Å². The Labute approximate surface area is 169 Å². The van der Waals surface area contributed by atoms with Gasteiger partial charge in [0, 0.05) is 19.5 Å². The van der Waals surface area contributed by atoms with E-state index in [0.717, 1.165) is 16.7 Å². The maximum absolute atomic E-state index is 13.2. The number of nitrogens with one attached hydrogen (secondary N) is 1. The molecule has 150 valence electrons. The molecule has 2 aromatic rings. The van der Waals surface area contributed by atoms with E-state index in [4.69, 9.17) is 0 Å². The molecule has 4 nitrogen and oxygen atoms in total. The number of hydrogen-bond acceptors (Lipinski definition) is 2. The molecular formula is C24H32N2O2. The summed E-state index contributed by atoms with van der Waals surface area (Å²) in [6.45, 7) is 8.96. The van der Waals surface area contributed by atoms with Gasteiger partial charge in [-0.3, -0.25) is 9.59 Å². The van der Waals surface area contributed by atoms with Crippen molar-refractivity contribution in [2.75, 3.05) is 6.54 Å². The van der Waals surface area contributed by atoms with Crippen molar-refractivity contribution < 1.29 is 9.59 Å². The first-order chi connectivity index (χ1) is 13.5. The number of likely N-dealkylation sites (N-methyl/N-ethyl adjacent to an activating group) is 1. The van der Waals surface area contributed by atoms with Crippen molar-refractivity contribution in [1.82, 2.24) is 10.2 Å². The third-order valence-corrected chi connectivity index (χ3v) is 5.09. The molecule has 0 saturated carbocycles. The van der Waals surface area contributed by atoms with Crippen LogP contribution >= 0.6 is 0 Å². The summed E-state index contributed by atoms with van der Waals surface area (Å²) in [6.07, 6.45) is 1.66. The fourth-order valence-electron chi connectivity index (χ4n) is 3.33. The van der Waals surface area contributed by atoms with E-state index in [2.05, 4.69) is 36.5 Å². The van der Waals surface area contributed by atoms with E-state index >= 15 is 0 Å². The first-order valence-corrected chi connectivity index (χ1v) is 10.1. The van der Waals surface area contributed by atoms with Crippen LogP contribution in [0.4, 0.5) is 0 Å². The largest absolute Gasteiger partial charge is 0.355 e. The van der Waals surface area contributed by atoms with Crippen LogP contribution < -0.4 is 5.32 Å². The van der Waals surface area contributed by atoms with Gasteiger partial charge in [-0.1, -0.05) is 61.0 Å². The third kappa shape index (κ3) is 5.95. The molecule has 0 heterocycles. The van der Waals surface area contributed by atoms with E-state index in [9.17, 15) is 9.59 Å². The predicted octanol–water partition coefficient (Wildman–Crippen LogP) is 4.18. The molecule has 1 N–H and O–H groups in total. The number of carbonyl (C=O) groups excluding carboxylic acids is 2. The zero-order valence-electron chi connectivity index (χ0n) is 17.5. The highest BCUT2D eigenvalue weighted by atomic mass is 16.2. The first-order valence-electron chi connectivity index (χ1n) is 10.1. The Balaban J connectivity index is 2.20. The fourth-order valence-corrected chi connectivity index (χ4v) is 3.33. The standard InChI is InChI=1S/C24H32N2O2/c1-5-22(24(28)25-6-2)26(17-21-10-8-7-9-19(21)4)23(27)16-15-20-13-11-18(3)12-14-20/h7-14,22H,5-6,15-17H2,1-4H3,(H,25,28)/t22-/m0/s1. The quantitative estimate of drug-likeness (QED) is 0.709. The highest BCUT2D eigenvalue weighted by Crippen LogP contribution is 2.17. The van der Waals surface area contributed by atoms with E-state index in [1.807, 2.05) is 45.0 Å². The maximum atomic E-state index is 13.2. The summed E-state index contributed by atoms with van der Waals surface area (Å²) in [5.41, 5.74) is 4.55. The van der Waals surface area contributed by atoms with Crippen LogP contribution in [0.5, 0.6) is 0 Å². The Kier molecular flexibility index (Phi) is 8.24. The van der Waals surface area contributed by atoms with Crippen molar-refractivity contribution in [3.05, 3.63) is 70.8 Å². The van der Waals surface area contributed by atoms with Crippen molar-refractivity contribution in [1.29, 1.82) is 0 Å². The van der Waals surface area contributed by atoms with Gasteiger partial charge in [-0.2, -0.15) is 0 Å². The summed E-state index contributed by atoms with van der Waals surface area (Å²) >= 11 is 0. The highest BCUT2D eigenvalue weighted by molar-refractivity contribution is 5.87. The average molecular weight is 381 g/mol. The SMILES string of the molecule is CCNC(=O)[C@H](CC)N(Cc1ccccc1C)C(=O)CCc1ccc(C)cc1. The van der Waals surface area contributed by atoms with Gasteiger partial charge in [-0.15, -0.1) is 0 Å². The summed E-state index contributed by atoms with van der Waals surface area (Å²) in [4.78, 5) is 27.5. The highest BCUT2D eigenvalue weighted by Gasteiger charge is 2.28. The second kappa shape index (κ2) is 10.6. The summed E-state index contributed by atoms with van der Waals surface area (Å²) in [6, 6.07) is 15.8. The maximum Gasteiger partial charge on any atom is 0.242 e. The second-order valence-electron chi connectivity index (χ2n) is 7.25. The molecule has 0 unspecified atom stereocenters. The average Bonchev–Trinajstić information content (AvgIpc) is 2.69. The molecule has 0 spiro atoms. The van der Waals surface area contributed by atoms with Crippen LogP contribution in [0.3, 0.4) is 0 Å². The number of benzene rings is 2. The smallest absolute Gasteiger partial charge is 0.242 e. The zero-order valence-corrected chi connectivity index (χ0v) is 17.5. The van der Waals surface area contributed by atoms with Crippen LogP contribution in [-0.4, -0.2) is 29.3 Å². The number of rotatable bonds is 9. The van der Waals surface area contributed by atoms with Crippen LogP contribution in [0, 0.1) is 13.8 Å². The van der Waals surface area contributed by atoms with Crippen molar-refractivity contribution in [3.8, 4) is 0 Å². The van der Waals surface area contributed by atoms with E-state index in [0.29, 0.717) is 32.4 Å². The molecule has 0 saturated heterocycles. The molecule has 0 aliphatic rings. The van der Waals surface area contributed by atoms with Crippen molar-refractivity contribution in [2.24, 2.45) is 0 Å². The minimum atomic E-state index is -0.454. The topological polar surface area (TPSA) is 49.4 Å². The lowest BCUT2D eigenvalue weighted by molar-refractivity contribution is -0.141. The molecular weight excluding hydrogens is 348 g/mol. The van der Waals surface area contributed by atoms with Gasteiger partial charge in [0.2, 0.25) is 11.8 Å². The Morgan fingerprint density at radius 1 is 1.00 bits per heavy atom. The fraction of sp³-hybridized carbons (Fsp3) is 0.417. The van der Waals surface area contributed by atoms with Gasteiger partial charge < -0.3 is 10.2 Å². The lowest BCUT2D eigenvalue weighted by atomic mass is 10.0. The molecule has 0 aliphatic heterocycles. The van der Waals surface area contributed by atoms with Crippen LogP contribution in [0.1, 0.15) is 48.9 Å². The lowest BCUT2D eigenvalue weighted by Gasteiger charge is -2.31. The van der Waals surface area contributed by atoms with E-state index in [1.165, 1.54) is 5.56 Å². The van der Waals surface area contributed by atoms with Gasteiger partial charge in [0.15, 0.2) is 0 Å². The molecule has 0 aliphatic carbocycles. The molecule has 4 heteroatoms. The minimum absolute atomic E-state index is 0.0157. The lowest BCUT2D eigenvalue weighted by Crippen LogP contribution is -2.49. The van der Waals surface area contributed by atoms with Crippen LogP contribution in [-0.2, 0) is 22.6 Å². The van der Waals surface area contributed by atoms with Gasteiger partial charge in [0.05, 0.1) is 0 Å². The second-order valence-corrected chi connectivity index (χ2v) is 7.25. The molecule has 2 rings (SSSR count). The summed E-state index contributed by atoms with van der Waals surface area (Å²) < 4.78 is 0. The van der Waals surface area contributed by atoms with Crippen LogP contribution in [0.2, 0.25) is 0 Å². The van der Waals surface area contributed by atoms with E-state index < -0.39 is 6.04 Å². The van der Waals surface area contributed by atoms with Gasteiger partial charge in [-0.05, 0) is 50.3 Å². The normalized spacial score (nSPS) is 11.7. The molecule has 1 atom stereocenters. The van der Waals surface area contributed by atoms with E-state index in [-0.39, 0.29) is 11.8 Å². The minimum Gasteiger partial charge on any atom is -0.355 e. The Morgan fingerprint density at radius 3 is 2.29 bits per heavy atom. The molecule has 2 amide bonds. The monoisotopic (exact) mass is 380 g/mol. The number of hydrogen-bond donors (Lipinski definition) is 1. The molecule has 0 radical (unpaired) electrons. The van der Waals surface area contributed by atoms with Gasteiger partial charge in [-0.25, -0.2) is 0 Å². The molecule has 28 heavy (non-hydrogen) atoms. The number of carbonyl (C=O) groups is 2. The van der Waals surface area contributed by atoms with Crippen molar-refractivity contribution in [3.63, 3.8) is 0 Å².